The van der Waals surface area contributed by atoms with Gasteiger partial charge in [0, 0.05) is 30.9 Å². The van der Waals surface area contributed by atoms with Crippen molar-refractivity contribution in [1.29, 1.82) is 0 Å². The van der Waals surface area contributed by atoms with Gasteiger partial charge in [0.2, 0.25) is 11.5 Å². The number of furan rings is 1. The van der Waals surface area contributed by atoms with E-state index in [9.17, 15) is 9.59 Å². The summed E-state index contributed by atoms with van der Waals surface area (Å²) in [6, 6.07) is 13.1. The number of amides is 1. The van der Waals surface area contributed by atoms with Crippen molar-refractivity contribution in [3.8, 4) is 0 Å². The van der Waals surface area contributed by atoms with Crippen molar-refractivity contribution in [1.82, 2.24) is 9.55 Å². The van der Waals surface area contributed by atoms with Crippen LogP contribution in [-0.4, -0.2) is 29.6 Å². The molecule has 0 atom stereocenters. The predicted octanol–water partition coefficient (Wildman–Crippen LogP) is 3.16. The first-order valence-corrected chi connectivity index (χ1v) is 8.88. The van der Waals surface area contributed by atoms with Crippen molar-refractivity contribution >= 4 is 39.4 Å². The van der Waals surface area contributed by atoms with Crippen LogP contribution in [0, 0.1) is 6.92 Å². The second-order valence-corrected chi connectivity index (χ2v) is 6.90. The van der Waals surface area contributed by atoms with Crippen LogP contribution in [0.15, 0.2) is 58.0 Å². The zero-order valence-electron chi connectivity index (χ0n) is 15.9. The number of carbonyl (C=O) groups is 1. The van der Waals surface area contributed by atoms with Gasteiger partial charge in [-0.3, -0.25) is 14.2 Å². The van der Waals surface area contributed by atoms with E-state index >= 15 is 0 Å². The van der Waals surface area contributed by atoms with Crippen LogP contribution in [0.4, 0.5) is 11.4 Å². The Hall–Kier alpha value is -3.61. The number of rotatable bonds is 4. The zero-order chi connectivity index (χ0) is 19.8. The Bertz CT molecular complexity index is 1250. The number of aromatic nitrogens is 2. The molecule has 1 amide bonds. The van der Waals surface area contributed by atoms with E-state index in [1.165, 1.54) is 10.9 Å². The molecule has 4 aromatic rings. The fourth-order valence-corrected chi connectivity index (χ4v) is 3.14. The summed E-state index contributed by atoms with van der Waals surface area (Å²) in [6.45, 7) is 1.78. The highest BCUT2D eigenvalue weighted by Crippen LogP contribution is 2.24. The third kappa shape index (κ3) is 3.11. The van der Waals surface area contributed by atoms with Crippen LogP contribution in [0.5, 0.6) is 0 Å². The van der Waals surface area contributed by atoms with Gasteiger partial charge in [-0.15, -0.1) is 0 Å². The minimum Gasteiger partial charge on any atom is -0.448 e. The number of hydrogen-bond donors (Lipinski definition) is 1. The van der Waals surface area contributed by atoms with E-state index in [2.05, 4.69) is 10.3 Å². The maximum Gasteiger partial charge on any atom is 0.297 e. The minimum atomic E-state index is -0.379. The van der Waals surface area contributed by atoms with Crippen LogP contribution >= 0.6 is 0 Å². The molecule has 2 aromatic carbocycles. The quantitative estimate of drug-likeness (QED) is 0.592. The van der Waals surface area contributed by atoms with Gasteiger partial charge in [-0.1, -0.05) is 12.1 Å². The molecule has 2 heterocycles. The number of nitrogens with zero attached hydrogens (tertiary/aromatic N) is 3. The average Bonchev–Trinajstić information content (AvgIpc) is 3.05. The summed E-state index contributed by atoms with van der Waals surface area (Å²) >= 11 is 0. The predicted molar refractivity (Wildman–Crippen MR) is 110 cm³/mol. The van der Waals surface area contributed by atoms with Crippen molar-refractivity contribution in [2.24, 2.45) is 0 Å². The summed E-state index contributed by atoms with van der Waals surface area (Å²) in [4.78, 5) is 31.5. The summed E-state index contributed by atoms with van der Waals surface area (Å²) in [5, 5.41) is 3.63. The summed E-state index contributed by atoms with van der Waals surface area (Å²) in [6.07, 6.45) is 1.38. The first-order chi connectivity index (χ1) is 13.4. The van der Waals surface area contributed by atoms with Crippen LogP contribution in [-0.2, 0) is 11.3 Å². The van der Waals surface area contributed by atoms with E-state index in [0.717, 1.165) is 16.6 Å². The highest BCUT2D eigenvalue weighted by molar-refractivity contribution is 6.01. The van der Waals surface area contributed by atoms with Gasteiger partial charge in [-0.2, -0.15) is 0 Å². The maximum absolute atomic E-state index is 12.7. The number of carbonyl (C=O) groups excluding carboxylic acids is 1. The molecule has 0 saturated heterocycles. The van der Waals surface area contributed by atoms with E-state index in [1.807, 2.05) is 62.3 Å². The van der Waals surface area contributed by atoms with Crippen LogP contribution in [0.3, 0.4) is 0 Å². The molecule has 4 rings (SSSR count). The van der Waals surface area contributed by atoms with Crippen molar-refractivity contribution < 1.29 is 9.21 Å². The van der Waals surface area contributed by atoms with Gasteiger partial charge in [0.05, 0.1) is 6.33 Å². The molecular formula is C21H20N4O3. The lowest BCUT2D eigenvalue weighted by atomic mass is 10.1. The smallest absolute Gasteiger partial charge is 0.297 e. The highest BCUT2D eigenvalue weighted by atomic mass is 16.3. The topological polar surface area (TPSA) is 80.4 Å². The third-order valence-corrected chi connectivity index (χ3v) is 4.67. The van der Waals surface area contributed by atoms with Crippen molar-refractivity contribution in [2.75, 3.05) is 24.3 Å². The fourth-order valence-electron chi connectivity index (χ4n) is 3.14. The Morgan fingerprint density at radius 2 is 2.00 bits per heavy atom. The molecule has 0 unspecified atom stereocenters. The normalized spacial score (nSPS) is 11.1. The second-order valence-electron chi connectivity index (χ2n) is 6.90. The fraction of sp³-hybridized carbons (Fsp3) is 0.190. The van der Waals surface area contributed by atoms with E-state index in [-0.39, 0.29) is 23.6 Å². The van der Waals surface area contributed by atoms with Gasteiger partial charge in [0.1, 0.15) is 17.6 Å². The molecule has 0 aliphatic heterocycles. The molecule has 0 radical (unpaired) electrons. The van der Waals surface area contributed by atoms with Gasteiger partial charge in [0.25, 0.3) is 5.56 Å². The van der Waals surface area contributed by atoms with Gasteiger partial charge < -0.3 is 14.6 Å². The highest BCUT2D eigenvalue weighted by Gasteiger charge is 2.15. The summed E-state index contributed by atoms with van der Waals surface area (Å²) in [5.41, 5.74) is 3.58. The van der Waals surface area contributed by atoms with Gasteiger partial charge >= 0.3 is 0 Å². The number of para-hydroxylation sites is 1. The molecule has 142 valence electrons. The van der Waals surface area contributed by atoms with Crippen LogP contribution in [0.1, 0.15) is 5.56 Å². The lowest BCUT2D eigenvalue weighted by Gasteiger charge is -2.15. The molecule has 0 aliphatic carbocycles. The molecule has 1 N–H and O–H groups in total. The molecule has 0 fully saturated rings. The Balaban J connectivity index is 1.59. The summed E-state index contributed by atoms with van der Waals surface area (Å²) in [7, 11) is 3.92. The van der Waals surface area contributed by atoms with Gasteiger partial charge in [-0.05, 0) is 42.8 Å². The Morgan fingerprint density at radius 1 is 1.21 bits per heavy atom. The molecule has 0 bridgehead atoms. The summed E-state index contributed by atoms with van der Waals surface area (Å²) in [5.74, 6) is -0.305. The van der Waals surface area contributed by atoms with Crippen LogP contribution in [0.25, 0.3) is 22.1 Å². The molecule has 0 spiro atoms. The van der Waals surface area contributed by atoms with Crippen molar-refractivity contribution in [3.05, 3.63) is 64.7 Å². The number of hydrogen-bond acceptors (Lipinski definition) is 5. The Kier molecular flexibility index (Phi) is 4.35. The van der Waals surface area contributed by atoms with E-state index in [4.69, 9.17) is 4.42 Å². The lowest BCUT2D eigenvalue weighted by Crippen LogP contribution is -2.27. The molecule has 7 nitrogen and oxygen atoms in total. The third-order valence-electron chi connectivity index (χ3n) is 4.67. The molecular weight excluding hydrogens is 356 g/mol. The number of nitrogens with one attached hydrogen (secondary N) is 1. The molecule has 28 heavy (non-hydrogen) atoms. The largest absolute Gasteiger partial charge is 0.448 e. The van der Waals surface area contributed by atoms with Gasteiger partial charge in [0.15, 0.2) is 0 Å². The number of anilines is 2. The SMILES string of the molecule is Cc1cc(N(C)C)ccc1NC(=O)Cn1cnc2c(oc3ccccc32)c1=O. The maximum atomic E-state index is 12.7. The Morgan fingerprint density at radius 3 is 2.75 bits per heavy atom. The van der Waals surface area contributed by atoms with Crippen molar-refractivity contribution in [3.63, 3.8) is 0 Å². The molecule has 2 aromatic heterocycles. The average molecular weight is 376 g/mol. The summed E-state index contributed by atoms with van der Waals surface area (Å²) < 4.78 is 6.90. The lowest BCUT2D eigenvalue weighted by molar-refractivity contribution is -0.116. The van der Waals surface area contributed by atoms with E-state index in [1.54, 1.807) is 6.07 Å². The molecule has 0 aliphatic rings. The first kappa shape index (κ1) is 17.8. The van der Waals surface area contributed by atoms with E-state index < -0.39 is 0 Å². The Labute approximate surface area is 161 Å². The van der Waals surface area contributed by atoms with Gasteiger partial charge in [-0.25, -0.2) is 4.98 Å². The second kappa shape index (κ2) is 6.84. The monoisotopic (exact) mass is 376 g/mol. The minimum absolute atomic E-state index is 0.145. The molecule has 7 heteroatoms. The van der Waals surface area contributed by atoms with Crippen molar-refractivity contribution in [2.45, 2.75) is 13.5 Å². The van der Waals surface area contributed by atoms with E-state index in [0.29, 0.717) is 16.8 Å². The number of fused-ring (bicyclic) bond motifs is 3. The number of aryl methyl sites for hydroxylation is 1. The standard InChI is InChI=1S/C21H20N4O3/c1-13-10-14(24(2)3)8-9-16(13)23-18(26)11-25-12-22-19-15-6-4-5-7-17(15)28-20(19)21(25)27/h4-10,12H,11H2,1-3H3,(H,23,26). The first-order valence-electron chi connectivity index (χ1n) is 8.88. The van der Waals surface area contributed by atoms with Crippen LogP contribution < -0.4 is 15.8 Å². The zero-order valence-corrected chi connectivity index (χ0v) is 15.9. The number of benzene rings is 2. The molecule has 0 saturated carbocycles. The van der Waals surface area contributed by atoms with Crippen LogP contribution in [0.2, 0.25) is 0 Å².